The van der Waals surface area contributed by atoms with E-state index in [1.54, 1.807) is 0 Å². The molecule has 9 aromatic carbocycles. The van der Waals surface area contributed by atoms with Gasteiger partial charge in [-0.25, -0.2) is 0 Å². The highest BCUT2D eigenvalue weighted by molar-refractivity contribution is 6.21. The summed E-state index contributed by atoms with van der Waals surface area (Å²) in [7, 11) is 0. The molecule has 0 aromatic heterocycles. The van der Waals surface area contributed by atoms with Crippen LogP contribution in [0.3, 0.4) is 0 Å². The van der Waals surface area contributed by atoms with Crippen LogP contribution < -0.4 is 0 Å². The van der Waals surface area contributed by atoms with E-state index < -0.39 is 0 Å². The summed E-state index contributed by atoms with van der Waals surface area (Å²) in [5.41, 5.74) is 10.6. The van der Waals surface area contributed by atoms with Crippen LogP contribution in [0.5, 0.6) is 0 Å². The Labute approximate surface area is 274 Å². The second kappa shape index (κ2) is 9.64. The van der Waals surface area contributed by atoms with Crippen molar-refractivity contribution in [2.75, 3.05) is 0 Å². The van der Waals surface area contributed by atoms with Crippen LogP contribution in [0.2, 0.25) is 0 Å². The van der Waals surface area contributed by atoms with E-state index in [1.165, 1.54) is 98.4 Å². The first-order chi connectivity index (χ1) is 23.1. The predicted octanol–water partition coefficient (Wildman–Crippen LogP) is 13.1. The first kappa shape index (κ1) is 26.5. The van der Waals surface area contributed by atoms with Crippen molar-refractivity contribution in [1.29, 1.82) is 0 Å². The second-order valence-corrected chi connectivity index (χ2v) is 13.7. The van der Waals surface area contributed by atoms with Gasteiger partial charge in [0.25, 0.3) is 0 Å². The van der Waals surface area contributed by atoms with Crippen LogP contribution in [0.25, 0.3) is 87.2 Å². The highest BCUT2D eigenvalue weighted by atomic mass is 14.4. The molecule has 0 unspecified atom stereocenters. The first-order valence-electron chi connectivity index (χ1n) is 16.6. The minimum Gasteiger partial charge on any atom is -0.0616 e. The molecule has 1 aliphatic rings. The molecule has 10 rings (SSSR count). The minimum absolute atomic E-state index is 0.108. The van der Waals surface area contributed by atoms with Gasteiger partial charge >= 0.3 is 0 Å². The standard InChI is InChI=1S/C47H32/c1-47(2)43-26-24-30-11-3-6-14-35(30)44(43)45-39-18-10-9-17-38(39)42-27-32(23-25-40(42)46(45)47)29-19-21-31(22-20-29)41-28-33-12-4-5-13-34(33)36-15-7-8-16-37(36)41/h3-28H,1-2H3. The molecule has 0 saturated heterocycles. The van der Waals surface area contributed by atoms with Gasteiger partial charge in [0.1, 0.15) is 0 Å². The molecule has 0 radical (unpaired) electrons. The Bertz CT molecular complexity index is 2740. The van der Waals surface area contributed by atoms with Crippen molar-refractivity contribution in [1.82, 2.24) is 0 Å². The van der Waals surface area contributed by atoms with Crippen LogP contribution in [0.15, 0.2) is 158 Å². The molecule has 0 saturated carbocycles. The van der Waals surface area contributed by atoms with Crippen LogP contribution in [-0.4, -0.2) is 0 Å². The van der Waals surface area contributed by atoms with E-state index in [2.05, 4.69) is 172 Å². The van der Waals surface area contributed by atoms with Crippen molar-refractivity contribution < 1.29 is 0 Å². The average Bonchev–Trinajstić information content (AvgIpc) is 3.38. The molecule has 0 amide bonds. The largest absolute Gasteiger partial charge is 0.0616 e. The van der Waals surface area contributed by atoms with Crippen LogP contribution in [0.4, 0.5) is 0 Å². The molecular weight excluding hydrogens is 565 g/mol. The van der Waals surface area contributed by atoms with Crippen molar-refractivity contribution in [3.8, 4) is 33.4 Å². The molecule has 0 aliphatic heterocycles. The molecule has 0 nitrogen and oxygen atoms in total. The first-order valence-corrected chi connectivity index (χ1v) is 16.6. The summed E-state index contributed by atoms with van der Waals surface area (Å²) in [6.07, 6.45) is 0. The third kappa shape index (κ3) is 3.70. The SMILES string of the molecule is CC1(C)c2ccc3ccccc3c2-c2c1c1ccc(-c3ccc(-c4cc5ccccc5c5ccccc45)cc3)cc1c1ccccc21. The van der Waals surface area contributed by atoms with Gasteiger partial charge < -0.3 is 0 Å². The van der Waals surface area contributed by atoms with E-state index in [0.717, 1.165) is 0 Å². The molecule has 220 valence electrons. The summed E-state index contributed by atoms with van der Waals surface area (Å²) < 4.78 is 0. The Hall–Kier alpha value is -5.72. The minimum atomic E-state index is -0.108. The molecule has 0 fully saturated rings. The van der Waals surface area contributed by atoms with E-state index in [4.69, 9.17) is 0 Å². The van der Waals surface area contributed by atoms with Gasteiger partial charge in [0.15, 0.2) is 0 Å². The van der Waals surface area contributed by atoms with Crippen molar-refractivity contribution in [2.45, 2.75) is 19.3 Å². The zero-order valence-electron chi connectivity index (χ0n) is 26.5. The Morgan fingerprint density at radius 1 is 0.340 bits per heavy atom. The lowest BCUT2D eigenvalue weighted by molar-refractivity contribution is 0.667. The van der Waals surface area contributed by atoms with Gasteiger partial charge in [-0.3, -0.25) is 0 Å². The molecule has 0 heteroatoms. The third-order valence-corrected chi connectivity index (χ3v) is 10.8. The maximum Gasteiger partial charge on any atom is 0.0165 e. The topological polar surface area (TPSA) is 0 Å². The molecule has 0 N–H and O–H groups in total. The van der Waals surface area contributed by atoms with Gasteiger partial charge in [-0.2, -0.15) is 0 Å². The van der Waals surface area contributed by atoms with Gasteiger partial charge in [-0.1, -0.05) is 159 Å². The highest BCUT2D eigenvalue weighted by Crippen LogP contribution is 2.56. The van der Waals surface area contributed by atoms with Crippen LogP contribution in [-0.2, 0) is 5.41 Å². The lowest BCUT2D eigenvalue weighted by Crippen LogP contribution is -2.15. The Kier molecular flexibility index (Phi) is 5.44. The molecule has 0 heterocycles. The fourth-order valence-corrected chi connectivity index (χ4v) is 8.61. The fraction of sp³-hybridized carbons (Fsp3) is 0.0638. The summed E-state index contributed by atoms with van der Waals surface area (Å²) in [6, 6.07) is 58.7. The maximum absolute atomic E-state index is 2.43. The van der Waals surface area contributed by atoms with Crippen molar-refractivity contribution >= 4 is 53.9 Å². The highest BCUT2D eigenvalue weighted by Gasteiger charge is 2.39. The molecular formula is C47H32. The van der Waals surface area contributed by atoms with Crippen LogP contribution in [0, 0.1) is 0 Å². The van der Waals surface area contributed by atoms with E-state index in [0.29, 0.717) is 0 Å². The van der Waals surface area contributed by atoms with Gasteiger partial charge in [-0.05, 0) is 111 Å². The van der Waals surface area contributed by atoms with Crippen LogP contribution >= 0.6 is 0 Å². The van der Waals surface area contributed by atoms with Gasteiger partial charge in [0, 0.05) is 5.41 Å². The summed E-state index contributed by atoms with van der Waals surface area (Å²) in [5, 5.41) is 13.2. The van der Waals surface area contributed by atoms with E-state index in [-0.39, 0.29) is 5.41 Å². The molecule has 1 aliphatic carbocycles. The predicted molar refractivity (Wildman–Crippen MR) is 202 cm³/mol. The molecule has 0 atom stereocenters. The maximum atomic E-state index is 2.43. The zero-order chi connectivity index (χ0) is 31.3. The average molecular weight is 597 g/mol. The summed E-state index contributed by atoms with van der Waals surface area (Å²) in [5.74, 6) is 0. The van der Waals surface area contributed by atoms with Gasteiger partial charge in [0.05, 0.1) is 0 Å². The summed E-state index contributed by atoms with van der Waals surface area (Å²) >= 11 is 0. The number of hydrogen-bond acceptors (Lipinski definition) is 0. The molecule has 0 spiro atoms. The van der Waals surface area contributed by atoms with Crippen molar-refractivity contribution in [3.63, 3.8) is 0 Å². The lowest BCUT2D eigenvalue weighted by Gasteiger charge is -2.24. The van der Waals surface area contributed by atoms with Crippen molar-refractivity contribution in [2.24, 2.45) is 0 Å². The smallest absolute Gasteiger partial charge is 0.0165 e. The van der Waals surface area contributed by atoms with E-state index in [9.17, 15) is 0 Å². The molecule has 47 heavy (non-hydrogen) atoms. The van der Waals surface area contributed by atoms with E-state index in [1.807, 2.05) is 0 Å². The number of hydrogen-bond donors (Lipinski definition) is 0. The zero-order valence-corrected chi connectivity index (χ0v) is 26.5. The second-order valence-electron chi connectivity index (χ2n) is 13.7. The normalized spacial score (nSPS) is 13.5. The number of rotatable bonds is 2. The van der Waals surface area contributed by atoms with Gasteiger partial charge in [-0.15, -0.1) is 0 Å². The van der Waals surface area contributed by atoms with Gasteiger partial charge in [0.2, 0.25) is 0 Å². The third-order valence-electron chi connectivity index (χ3n) is 10.8. The summed E-state index contributed by atoms with van der Waals surface area (Å²) in [4.78, 5) is 0. The summed E-state index contributed by atoms with van der Waals surface area (Å²) in [6.45, 7) is 4.81. The number of benzene rings is 9. The van der Waals surface area contributed by atoms with Crippen molar-refractivity contribution in [3.05, 3.63) is 169 Å². The molecule has 0 bridgehead atoms. The van der Waals surface area contributed by atoms with Crippen LogP contribution in [0.1, 0.15) is 25.0 Å². The Morgan fingerprint density at radius 2 is 0.915 bits per heavy atom. The Morgan fingerprint density at radius 3 is 1.68 bits per heavy atom. The quantitative estimate of drug-likeness (QED) is 0.174. The number of fused-ring (bicyclic) bond motifs is 13. The van der Waals surface area contributed by atoms with E-state index >= 15 is 0 Å². The lowest BCUT2D eigenvalue weighted by atomic mass is 9.79. The monoisotopic (exact) mass is 596 g/mol. The fourth-order valence-electron chi connectivity index (χ4n) is 8.61. The molecule has 9 aromatic rings. The Balaban J connectivity index is 1.16.